The van der Waals surface area contributed by atoms with Crippen LogP contribution in [-0.2, 0) is 16.0 Å². The van der Waals surface area contributed by atoms with E-state index in [1.807, 2.05) is 42.5 Å². The summed E-state index contributed by atoms with van der Waals surface area (Å²) in [5.74, 6) is 0.136. The average molecular weight is 474 g/mol. The van der Waals surface area contributed by atoms with E-state index in [4.69, 9.17) is 14.2 Å². The number of nitrogens with zero attached hydrogens (tertiary/aromatic N) is 1. The summed E-state index contributed by atoms with van der Waals surface area (Å²) in [5, 5.41) is 11.2. The molecule has 1 fully saturated rings. The summed E-state index contributed by atoms with van der Waals surface area (Å²) < 4.78 is 15.9. The Labute approximate surface area is 204 Å². The van der Waals surface area contributed by atoms with Crippen molar-refractivity contribution in [1.29, 1.82) is 0 Å². The third-order valence-electron chi connectivity index (χ3n) is 6.09. The second-order valence-electron chi connectivity index (χ2n) is 8.07. The quantitative estimate of drug-likeness (QED) is 0.297. The molecule has 35 heavy (non-hydrogen) atoms. The van der Waals surface area contributed by atoms with Crippen molar-refractivity contribution in [2.24, 2.45) is 0 Å². The van der Waals surface area contributed by atoms with Crippen molar-refractivity contribution >= 4 is 17.4 Å². The van der Waals surface area contributed by atoms with Crippen LogP contribution in [-0.4, -0.2) is 49.6 Å². The lowest BCUT2D eigenvalue weighted by atomic mass is 9.95. The van der Waals surface area contributed by atoms with Crippen LogP contribution in [0.5, 0.6) is 17.2 Å². The number of aliphatic hydroxyl groups is 1. The number of hydrogen-bond donors (Lipinski definition) is 1. The predicted molar refractivity (Wildman–Crippen MR) is 132 cm³/mol. The van der Waals surface area contributed by atoms with Crippen molar-refractivity contribution in [1.82, 2.24) is 4.90 Å². The highest BCUT2D eigenvalue weighted by Gasteiger charge is 2.45. The number of likely N-dealkylation sites (tertiary alicyclic amines) is 1. The van der Waals surface area contributed by atoms with Crippen LogP contribution in [0.25, 0.3) is 5.76 Å². The molecular formula is C28H27NO6. The average Bonchev–Trinajstić information content (AvgIpc) is 3.16. The summed E-state index contributed by atoms with van der Waals surface area (Å²) in [7, 11) is 4.66. The lowest BCUT2D eigenvalue weighted by molar-refractivity contribution is -0.139. The molecule has 0 bridgehead atoms. The van der Waals surface area contributed by atoms with Gasteiger partial charge in [0.15, 0.2) is 11.5 Å². The molecule has 3 aromatic carbocycles. The van der Waals surface area contributed by atoms with Gasteiger partial charge in [-0.05, 0) is 41.8 Å². The number of carbonyl (C=O) groups excluding carboxylic acids is 2. The second kappa shape index (κ2) is 10.3. The van der Waals surface area contributed by atoms with Gasteiger partial charge in [-0.15, -0.1) is 0 Å². The Kier molecular flexibility index (Phi) is 7.06. The van der Waals surface area contributed by atoms with Gasteiger partial charge >= 0.3 is 0 Å². The van der Waals surface area contributed by atoms with Crippen molar-refractivity contribution in [3.8, 4) is 17.2 Å². The Morgan fingerprint density at radius 1 is 0.857 bits per heavy atom. The van der Waals surface area contributed by atoms with Crippen molar-refractivity contribution in [2.45, 2.75) is 12.5 Å². The van der Waals surface area contributed by atoms with Crippen LogP contribution in [0.3, 0.4) is 0 Å². The number of ether oxygens (including phenoxy) is 3. The van der Waals surface area contributed by atoms with Gasteiger partial charge in [0.25, 0.3) is 11.7 Å². The number of rotatable bonds is 8. The summed E-state index contributed by atoms with van der Waals surface area (Å²) in [5.41, 5.74) is 2.12. The molecule has 1 aliphatic rings. The highest BCUT2D eigenvalue weighted by atomic mass is 16.5. The highest BCUT2D eigenvalue weighted by Crippen LogP contribution is 2.40. The van der Waals surface area contributed by atoms with Gasteiger partial charge in [0.2, 0.25) is 0 Å². The minimum Gasteiger partial charge on any atom is -0.507 e. The van der Waals surface area contributed by atoms with Gasteiger partial charge < -0.3 is 24.2 Å². The first-order valence-corrected chi connectivity index (χ1v) is 11.2. The van der Waals surface area contributed by atoms with Gasteiger partial charge in [0.1, 0.15) is 11.5 Å². The van der Waals surface area contributed by atoms with Gasteiger partial charge in [0, 0.05) is 12.1 Å². The van der Waals surface area contributed by atoms with E-state index in [-0.39, 0.29) is 17.9 Å². The molecule has 1 unspecified atom stereocenters. The lowest BCUT2D eigenvalue weighted by Crippen LogP contribution is -2.31. The lowest BCUT2D eigenvalue weighted by Gasteiger charge is -2.25. The van der Waals surface area contributed by atoms with E-state index in [0.717, 1.165) is 11.1 Å². The monoisotopic (exact) mass is 473 g/mol. The molecule has 0 spiro atoms. The number of aliphatic hydroxyl groups excluding tert-OH is 1. The smallest absolute Gasteiger partial charge is 0.295 e. The summed E-state index contributed by atoms with van der Waals surface area (Å²) >= 11 is 0. The topological polar surface area (TPSA) is 85.3 Å². The molecule has 7 nitrogen and oxygen atoms in total. The molecular weight excluding hydrogens is 446 g/mol. The molecule has 1 saturated heterocycles. The maximum Gasteiger partial charge on any atom is 0.295 e. The molecule has 180 valence electrons. The van der Waals surface area contributed by atoms with Crippen molar-refractivity contribution < 1.29 is 28.9 Å². The first-order valence-electron chi connectivity index (χ1n) is 11.2. The largest absolute Gasteiger partial charge is 0.507 e. The number of methoxy groups -OCH3 is 3. The summed E-state index contributed by atoms with van der Waals surface area (Å²) in [6, 6.07) is 20.8. The fraction of sp³-hybridized carbons (Fsp3) is 0.214. The third-order valence-corrected chi connectivity index (χ3v) is 6.09. The standard InChI is InChI=1S/C28H27NO6/c1-33-21-11-7-10-20(17-21)26(30)24-25(19-8-5-4-6-9-19)29(28(32)27(24)31)15-14-18-12-13-22(34-2)23(16-18)35-3/h4-13,16-17,25,30H,14-15H2,1-3H3/b26-24+. The molecule has 1 heterocycles. The number of benzene rings is 3. The Hall–Kier alpha value is -4.26. The summed E-state index contributed by atoms with van der Waals surface area (Å²) in [6.45, 7) is 0.272. The van der Waals surface area contributed by atoms with E-state index >= 15 is 0 Å². The van der Waals surface area contributed by atoms with Crippen molar-refractivity contribution in [3.63, 3.8) is 0 Å². The maximum atomic E-state index is 13.2. The van der Waals surface area contributed by atoms with E-state index in [9.17, 15) is 14.7 Å². The zero-order valence-electron chi connectivity index (χ0n) is 19.9. The van der Waals surface area contributed by atoms with Gasteiger partial charge in [-0.3, -0.25) is 9.59 Å². The molecule has 0 radical (unpaired) electrons. The Morgan fingerprint density at radius 3 is 2.29 bits per heavy atom. The third kappa shape index (κ3) is 4.71. The van der Waals surface area contributed by atoms with Crippen LogP contribution in [0.15, 0.2) is 78.4 Å². The Balaban J connectivity index is 1.73. The van der Waals surface area contributed by atoms with Gasteiger partial charge in [-0.1, -0.05) is 48.5 Å². The molecule has 7 heteroatoms. The fourth-order valence-corrected chi connectivity index (χ4v) is 4.30. The van der Waals surface area contributed by atoms with Crippen LogP contribution >= 0.6 is 0 Å². The predicted octanol–water partition coefficient (Wildman–Crippen LogP) is 4.38. The fourth-order valence-electron chi connectivity index (χ4n) is 4.30. The number of amides is 1. The Bertz CT molecular complexity index is 1270. The van der Waals surface area contributed by atoms with Gasteiger partial charge in [-0.25, -0.2) is 0 Å². The first-order chi connectivity index (χ1) is 17.0. The molecule has 1 N–H and O–H groups in total. The number of hydrogen-bond acceptors (Lipinski definition) is 6. The van der Waals surface area contributed by atoms with Crippen molar-refractivity contribution in [2.75, 3.05) is 27.9 Å². The normalized spacial score (nSPS) is 16.9. The molecule has 0 aromatic heterocycles. The SMILES string of the molecule is COc1cccc(/C(O)=C2\C(=O)C(=O)N(CCc3ccc(OC)c(OC)c3)C2c2ccccc2)c1. The van der Waals surface area contributed by atoms with Crippen LogP contribution in [0.2, 0.25) is 0 Å². The highest BCUT2D eigenvalue weighted by molar-refractivity contribution is 6.46. The molecule has 1 atom stereocenters. The van der Waals surface area contributed by atoms with Gasteiger partial charge in [0.05, 0.1) is 32.9 Å². The summed E-state index contributed by atoms with van der Waals surface area (Å²) in [4.78, 5) is 27.9. The van der Waals surface area contributed by atoms with E-state index in [1.165, 1.54) is 12.0 Å². The second-order valence-corrected chi connectivity index (χ2v) is 8.07. The minimum atomic E-state index is -0.720. The van der Waals surface area contributed by atoms with Crippen molar-refractivity contribution in [3.05, 3.63) is 95.1 Å². The Morgan fingerprint density at radius 2 is 1.60 bits per heavy atom. The maximum absolute atomic E-state index is 13.2. The zero-order valence-corrected chi connectivity index (χ0v) is 19.9. The molecule has 3 aromatic rings. The molecule has 1 aliphatic heterocycles. The van der Waals surface area contributed by atoms with Crippen LogP contribution in [0.4, 0.5) is 0 Å². The van der Waals surface area contributed by atoms with E-state index in [1.54, 1.807) is 44.6 Å². The van der Waals surface area contributed by atoms with Crippen LogP contribution in [0.1, 0.15) is 22.7 Å². The number of Topliss-reactive ketones (excluding diaryl/α,β-unsaturated/α-hetero) is 1. The van der Waals surface area contributed by atoms with Gasteiger partial charge in [-0.2, -0.15) is 0 Å². The van der Waals surface area contributed by atoms with Crippen LogP contribution < -0.4 is 14.2 Å². The van der Waals surface area contributed by atoms with E-state index in [2.05, 4.69) is 0 Å². The number of ketones is 1. The van der Waals surface area contributed by atoms with Crippen LogP contribution in [0, 0.1) is 0 Å². The van der Waals surface area contributed by atoms with E-state index in [0.29, 0.717) is 29.2 Å². The first kappa shape index (κ1) is 23.9. The zero-order chi connectivity index (χ0) is 24.9. The molecule has 0 saturated carbocycles. The minimum absolute atomic E-state index is 0.0572. The summed E-state index contributed by atoms with van der Waals surface area (Å²) in [6.07, 6.45) is 0.482. The number of carbonyl (C=O) groups is 2. The van der Waals surface area contributed by atoms with E-state index < -0.39 is 17.7 Å². The molecule has 0 aliphatic carbocycles. The molecule has 4 rings (SSSR count). The molecule has 1 amide bonds.